The maximum atomic E-state index is 5.56. The van der Waals surface area contributed by atoms with E-state index in [1.165, 1.54) is 0 Å². The zero-order valence-corrected chi connectivity index (χ0v) is 12.9. The lowest BCUT2D eigenvalue weighted by molar-refractivity contribution is 0.178. The number of hydrogen-bond donors (Lipinski definition) is 0. The van der Waals surface area contributed by atoms with Crippen molar-refractivity contribution in [3.63, 3.8) is 0 Å². The Morgan fingerprint density at radius 3 is 2.95 bits per heavy atom. The molecule has 0 bridgehead atoms. The van der Waals surface area contributed by atoms with Crippen LogP contribution < -0.4 is 0 Å². The van der Waals surface area contributed by atoms with Crippen molar-refractivity contribution in [3.8, 4) is 0 Å². The third-order valence-electron chi connectivity index (χ3n) is 3.85. The Bertz CT molecular complexity index is 590. The minimum atomic E-state index is 0.279. The third-order valence-corrected chi connectivity index (χ3v) is 3.85. The molecule has 0 aliphatic carbocycles. The van der Waals surface area contributed by atoms with Gasteiger partial charge >= 0.3 is 0 Å². The molecule has 6 heteroatoms. The highest BCUT2D eigenvalue weighted by Crippen LogP contribution is 2.26. The summed E-state index contributed by atoms with van der Waals surface area (Å²) in [5.41, 5.74) is 0. The first-order valence-electron chi connectivity index (χ1n) is 7.59. The molecule has 21 heavy (non-hydrogen) atoms. The number of nitrogens with zero attached hydrogens (tertiary/aromatic N) is 4. The van der Waals surface area contributed by atoms with Crippen LogP contribution in [0, 0.1) is 6.92 Å². The summed E-state index contributed by atoms with van der Waals surface area (Å²) in [5, 5.41) is 4.15. The fourth-order valence-corrected chi connectivity index (χ4v) is 2.72. The second-order valence-electron chi connectivity index (χ2n) is 6.08. The molecule has 3 rings (SSSR count). The summed E-state index contributed by atoms with van der Waals surface area (Å²) < 4.78 is 10.9. The smallest absolute Gasteiger partial charge is 0.229 e. The molecule has 114 valence electrons. The molecule has 6 nitrogen and oxygen atoms in total. The zero-order chi connectivity index (χ0) is 14.8. The Morgan fingerprint density at radius 2 is 2.29 bits per heavy atom. The first-order chi connectivity index (χ1) is 10.1. The maximum Gasteiger partial charge on any atom is 0.229 e. The van der Waals surface area contributed by atoms with Crippen LogP contribution in [0.25, 0.3) is 0 Å². The van der Waals surface area contributed by atoms with Gasteiger partial charge in [-0.2, -0.15) is 4.98 Å². The number of hydrogen-bond acceptors (Lipinski definition) is 6. The Balaban J connectivity index is 1.64. The predicted octanol–water partition coefficient (Wildman–Crippen LogP) is 2.87. The van der Waals surface area contributed by atoms with Gasteiger partial charge in [-0.1, -0.05) is 19.0 Å². The minimum absolute atomic E-state index is 0.279. The van der Waals surface area contributed by atoms with Crippen LogP contribution in [0.3, 0.4) is 0 Å². The van der Waals surface area contributed by atoms with Gasteiger partial charge in [0.2, 0.25) is 11.8 Å². The van der Waals surface area contributed by atoms with Gasteiger partial charge in [0.05, 0.1) is 12.7 Å². The van der Waals surface area contributed by atoms with Gasteiger partial charge in [0.15, 0.2) is 5.82 Å². The van der Waals surface area contributed by atoms with Gasteiger partial charge in [0.25, 0.3) is 0 Å². The summed E-state index contributed by atoms with van der Waals surface area (Å²) in [6.07, 6.45) is 4.01. The molecule has 3 heterocycles. The SMILES string of the molecule is Cc1cnc(CN2CCC[C@@H](c3noc(C(C)C)n3)C2)o1. The zero-order valence-electron chi connectivity index (χ0n) is 12.9. The molecule has 1 atom stereocenters. The number of aromatic nitrogens is 3. The quantitative estimate of drug-likeness (QED) is 0.862. The molecule has 0 radical (unpaired) electrons. The van der Waals surface area contributed by atoms with Crippen molar-refractivity contribution >= 4 is 0 Å². The van der Waals surface area contributed by atoms with E-state index in [0.29, 0.717) is 5.92 Å². The Hall–Kier alpha value is -1.69. The van der Waals surface area contributed by atoms with E-state index in [4.69, 9.17) is 8.94 Å². The first kappa shape index (κ1) is 14.3. The number of rotatable bonds is 4. The topological polar surface area (TPSA) is 68.2 Å². The lowest BCUT2D eigenvalue weighted by Crippen LogP contribution is -2.34. The van der Waals surface area contributed by atoms with Crippen molar-refractivity contribution < 1.29 is 8.94 Å². The van der Waals surface area contributed by atoms with Gasteiger partial charge in [-0.15, -0.1) is 0 Å². The summed E-state index contributed by atoms with van der Waals surface area (Å²) in [4.78, 5) is 11.2. The van der Waals surface area contributed by atoms with Crippen molar-refractivity contribution in [1.29, 1.82) is 0 Å². The van der Waals surface area contributed by atoms with Crippen molar-refractivity contribution in [2.24, 2.45) is 0 Å². The first-order valence-corrected chi connectivity index (χ1v) is 7.59. The van der Waals surface area contributed by atoms with E-state index in [0.717, 1.165) is 55.8 Å². The lowest BCUT2D eigenvalue weighted by atomic mass is 9.97. The molecular formula is C15H22N4O2. The van der Waals surface area contributed by atoms with E-state index in [1.54, 1.807) is 6.20 Å². The fraction of sp³-hybridized carbons (Fsp3) is 0.667. The monoisotopic (exact) mass is 290 g/mol. The highest BCUT2D eigenvalue weighted by Gasteiger charge is 2.26. The fourth-order valence-electron chi connectivity index (χ4n) is 2.72. The third kappa shape index (κ3) is 3.32. The molecule has 0 spiro atoms. The molecule has 1 aliphatic heterocycles. The molecule has 0 amide bonds. The molecule has 0 aromatic carbocycles. The Kier molecular flexibility index (Phi) is 4.05. The molecular weight excluding hydrogens is 268 g/mol. The van der Waals surface area contributed by atoms with E-state index in [2.05, 4.69) is 33.9 Å². The number of likely N-dealkylation sites (tertiary alicyclic amines) is 1. The van der Waals surface area contributed by atoms with E-state index in [-0.39, 0.29) is 5.92 Å². The van der Waals surface area contributed by atoms with Crippen LogP contribution in [0.2, 0.25) is 0 Å². The van der Waals surface area contributed by atoms with E-state index >= 15 is 0 Å². The number of oxazole rings is 1. The summed E-state index contributed by atoms with van der Waals surface area (Å²) in [6.45, 7) is 8.79. The van der Waals surface area contributed by atoms with Gasteiger partial charge in [0, 0.05) is 18.4 Å². The van der Waals surface area contributed by atoms with Gasteiger partial charge < -0.3 is 8.94 Å². The van der Waals surface area contributed by atoms with Gasteiger partial charge in [-0.25, -0.2) is 4.98 Å². The normalized spacial score (nSPS) is 20.3. The number of aryl methyl sites for hydroxylation is 1. The highest BCUT2D eigenvalue weighted by atomic mass is 16.5. The molecule has 0 N–H and O–H groups in total. The highest BCUT2D eigenvalue weighted by molar-refractivity contribution is 5.01. The predicted molar refractivity (Wildman–Crippen MR) is 76.9 cm³/mol. The largest absolute Gasteiger partial charge is 0.445 e. The van der Waals surface area contributed by atoms with Crippen molar-refractivity contribution in [3.05, 3.63) is 29.6 Å². The molecule has 2 aromatic heterocycles. The van der Waals surface area contributed by atoms with Gasteiger partial charge in [-0.3, -0.25) is 4.90 Å². The van der Waals surface area contributed by atoms with Crippen LogP contribution in [-0.4, -0.2) is 33.1 Å². The van der Waals surface area contributed by atoms with E-state index in [9.17, 15) is 0 Å². The molecule has 1 saturated heterocycles. The molecule has 2 aromatic rings. The van der Waals surface area contributed by atoms with Gasteiger partial charge in [0.1, 0.15) is 5.76 Å². The summed E-state index contributed by atoms with van der Waals surface area (Å²) in [6, 6.07) is 0. The average molecular weight is 290 g/mol. The van der Waals surface area contributed by atoms with Crippen LogP contribution in [-0.2, 0) is 6.54 Å². The van der Waals surface area contributed by atoms with Crippen molar-refractivity contribution in [1.82, 2.24) is 20.0 Å². The second-order valence-corrected chi connectivity index (χ2v) is 6.08. The van der Waals surface area contributed by atoms with E-state index < -0.39 is 0 Å². The molecule has 0 saturated carbocycles. The van der Waals surface area contributed by atoms with Crippen LogP contribution in [0.5, 0.6) is 0 Å². The van der Waals surface area contributed by atoms with Crippen LogP contribution in [0.1, 0.15) is 61.9 Å². The molecule has 0 unspecified atom stereocenters. The average Bonchev–Trinajstić information content (AvgIpc) is 3.08. The summed E-state index contributed by atoms with van der Waals surface area (Å²) in [7, 11) is 0. The Morgan fingerprint density at radius 1 is 1.43 bits per heavy atom. The molecule has 1 fully saturated rings. The van der Waals surface area contributed by atoms with Crippen LogP contribution >= 0.6 is 0 Å². The van der Waals surface area contributed by atoms with E-state index in [1.807, 2.05) is 6.92 Å². The summed E-state index contributed by atoms with van der Waals surface area (Å²) in [5.74, 6) is 3.83. The standard InChI is InChI=1S/C15H22N4O2/c1-10(2)15-17-14(18-21-15)12-5-4-6-19(8-12)9-13-16-7-11(3)20-13/h7,10,12H,4-6,8-9H2,1-3H3/t12-/m1/s1. The minimum Gasteiger partial charge on any atom is -0.445 e. The van der Waals surface area contributed by atoms with Crippen molar-refractivity contribution in [2.75, 3.05) is 13.1 Å². The lowest BCUT2D eigenvalue weighted by Gasteiger charge is -2.30. The second kappa shape index (κ2) is 5.97. The Labute approximate surface area is 124 Å². The summed E-state index contributed by atoms with van der Waals surface area (Å²) >= 11 is 0. The molecule has 1 aliphatic rings. The van der Waals surface area contributed by atoms with Gasteiger partial charge in [-0.05, 0) is 26.3 Å². The van der Waals surface area contributed by atoms with Crippen LogP contribution in [0.4, 0.5) is 0 Å². The maximum absolute atomic E-state index is 5.56. The number of piperidine rings is 1. The van der Waals surface area contributed by atoms with Crippen molar-refractivity contribution in [2.45, 2.75) is 52.0 Å². The van der Waals surface area contributed by atoms with Crippen LogP contribution in [0.15, 0.2) is 15.1 Å².